The largest absolute Gasteiger partial charge is 0.383 e. The Labute approximate surface area is 163 Å². The minimum Gasteiger partial charge on any atom is -0.383 e. The summed E-state index contributed by atoms with van der Waals surface area (Å²) in [4.78, 5) is 9.46. The van der Waals surface area contributed by atoms with Crippen LogP contribution >= 0.6 is 0 Å². The molecule has 1 unspecified atom stereocenters. The molecule has 1 aromatic heterocycles. The molecule has 4 N–H and O–H groups in total. The highest BCUT2D eigenvalue weighted by Gasteiger charge is 2.18. The van der Waals surface area contributed by atoms with Crippen LogP contribution < -0.4 is 21.4 Å². The molecule has 1 saturated heterocycles. The standard InChI is InChI=1S/C20H35N5O2/c1-4-18(24-15-17-14-21-12-13-27-17)16(2)20(19-8-5-6-9-22-19)23-10-7-11-25-26-3/h5-6,8-9,17-18,21,23-25H,4,7,10-15H2,1-3H3/b20-16-/t17-,18?/m1/s1. The minimum absolute atomic E-state index is 0.229. The Morgan fingerprint density at radius 1 is 1.41 bits per heavy atom. The Kier molecular flexibility index (Phi) is 10.3. The first-order chi connectivity index (χ1) is 13.3. The van der Waals surface area contributed by atoms with Gasteiger partial charge in [-0.25, -0.2) is 5.48 Å². The molecule has 2 rings (SSSR count). The number of nitrogens with one attached hydrogen (secondary N) is 4. The highest BCUT2D eigenvalue weighted by Crippen LogP contribution is 2.18. The topological polar surface area (TPSA) is 79.5 Å². The van der Waals surface area contributed by atoms with Crippen molar-refractivity contribution in [3.8, 4) is 0 Å². The zero-order chi connectivity index (χ0) is 19.3. The summed E-state index contributed by atoms with van der Waals surface area (Å²) in [5.74, 6) is 0. The Bertz CT molecular complexity index is 547. The Hall–Kier alpha value is -1.51. The van der Waals surface area contributed by atoms with Gasteiger partial charge in [0.15, 0.2) is 0 Å². The first kappa shape index (κ1) is 21.8. The first-order valence-electron chi connectivity index (χ1n) is 9.93. The molecular formula is C20H35N5O2. The molecule has 7 heteroatoms. The number of hydroxylamine groups is 1. The predicted molar refractivity (Wildman–Crippen MR) is 109 cm³/mol. The SMILES string of the molecule is CCC(NC[C@H]1CNCCO1)/C(C)=C(\NCCCNOC)c1ccccn1. The van der Waals surface area contributed by atoms with E-state index in [0.717, 1.165) is 63.6 Å². The number of rotatable bonds is 12. The van der Waals surface area contributed by atoms with Gasteiger partial charge in [-0.15, -0.1) is 0 Å². The number of hydrogen-bond donors (Lipinski definition) is 4. The number of morpholine rings is 1. The van der Waals surface area contributed by atoms with Crippen LogP contribution in [0.2, 0.25) is 0 Å². The Balaban J connectivity index is 2.04. The lowest BCUT2D eigenvalue weighted by Gasteiger charge is -2.28. The van der Waals surface area contributed by atoms with Crippen LogP contribution in [0.15, 0.2) is 30.0 Å². The van der Waals surface area contributed by atoms with E-state index in [1.165, 1.54) is 5.57 Å². The molecule has 1 fully saturated rings. The van der Waals surface area contributed by atoms with E-state index in [2.05, 4.69) is 46.3 Å². The van der Waals surface area contributed by atoms with Crippen LogP contribution in [0.3, 0.4) is 0 Å². The number of nitrogens with zero attached hydrogens (tertiary/aromatic N) is 1. The van der Waals surface area contributed by atoms with Crippen molar-refractivity contribution in [3.63, 3.8) is 0 Å². The second-order valence-corrected chi connectivity index (χ2v) is 6.72. The van der Waals surface area contributed by atoms with Crippen molar-refractivity contribution in [1.29, 1.82) is 0 Å². The lowest BCUT2D eigenvalue weighted by molar-refractivity contribution is 0.0281. The zero-order valence-corrected chi connectivity index (χ0v) is 16.9. The third kappa shape index (κ3) is 7.56. The maximum Gasteiger partial charge on any atom is 0.0860 e. The second-order valence-electron chi connectivity index (χ2n) is 6.72. The summed E-state index contributed by atoms with van der Waals surface area (Å²) in [6.07, 6.45) is 4.04. The van der Waals surface area contributed by atoms with Crippen LogP contribution in [0.1, 0.15) is 32.4 Å². The van der Waals surface area contributed by atoms with Gasteiger partial charge < -0.3 is 25.5 Å². The van der Waals surface area contributed by atoms with E-state index in [-0.39, 0.29) is 12.1 Å². The highest BCUT2D eigenvalue weighted by molar-refractivity contribution is 5.64. The molecular weight excluding hydrogens is 342 g/mol. The fourth-order valence-electron chi connectivity index (χ4n) is 3.22. The van der Waals surface area contributed by atoms with Crippen LogP contribution in [0.5, 0.6) is 0 Å². The van der Waals surface area contributed by atoms with Gasteiger partial charge in [-0.05, 0) is 37.5 Å². The molecule has 0 spiro atoms. The maximum atomic E-state index is 5.81. The molecule has 2 atom stereocenters. The second kappa shape index (κ2) is 12.8. The summed E-state index contributed by atoms with van der Waals surface area (Å²) in [6.45, 7) is 9.53. The summed E-state index contributed by atoms with van der Waals surface area (Å²) in [5, 5.41) is 10.6. The predicted octanol–water partition coefficient (Wildman–Crippen LogP) is 1.30. The van der Waals surface area contributed by atoms with E-state index in [1.807, 2.05) is 18.3 Å². The van der Waals surface area contributed by atoms with Gasteiger partial charge in [0.05, 0.1) is 31.2 Å². The molecule has 7 nitrogen and oxygen atoms in total. The van der Waals surface area contributed by atoms with E-state index < -0.39 is 0 Å². The van der Waals surface area contributed by atoms with Gasteiger partial charge in [-0.3, -0.25) is 4.98 Å². The van der Waals surface area contributed by atoms with Gasteiger partial charge in [-0.1, -0.05) is 13.0 Å². The summed E-state index contributed by atoms with van der Waals surface area (Å²) in [6, 6.07) is 6.30. The van der Waals surface area contributed by atoms with Crippen molar-refractivity contribution < 1.29 is 9.57 Å². The van der Waals surface area contributed by atoms with E-state index in [9.17, 15) is 0 Å². The van der Waals surface area contributed by atoms with Gasteiger partial charge in [0.25, 0.3) is 0 Å². The monoisotopic (exact) mass is 377 g/mol. The van der Waals surface area contributed by atoms with Crippen molar-refractivity contribution in [2.75, 3.05) is 46.4 Å². The molecule has 0 saturated carbocycles. The van der Waals surface area contributed by atoms with E-state index >= 15 is 0 Å². The smallest absolute Gasteiger partial charge is 0.0860 e. The normalized spacial score (nSPS) is 19.4. The van der Waals surface area contributed by atoms with Crippen molar-refractivity contribution in [3.05, 3.63) is 35.7 Å². The molecule has 0 bridgehead atoms. The molecule has 0 aromatic carbocycles. The molecule has 0 amide bonds. The van der Waals surface area contributed by atoms with Gasteiger partial charge in [0.2, 0.25) is 0 Å². The molecule has 1 aliphatic rings. The molecule has 1 aromatic rings. The number of pyridine rings is 1. The minimum atomic E-state index is 0.229. The van der Waals surface area contributed by atoms with Crippen molar-refractivity contribution in [2.45, 2.75) is 38.8 Å². The van der Waals surface area contributed by atoms with Gasteiger partial charge in [0.1, 0.15) is 0 Å². The molecule has 1 aliphatic heterocycles. The highest BCUT2D eigenvalue weighted by atomic mass is 16.6. The van der Waals surface area contributed by atoms with Crippen LogP contribution in [0.4, 0.5) is 0 Å². The van der Waals surface area contributed by atoms with Gasteiger partial charge in [0, 0.05) is 45.0 Å². The van der Waals surface area contributed by atoms with Crippen molar-refractivity contribution >= 4 is 5.70 Å². The van der Waals surface area contributed by atoms with E-state index in [1.54, 1.807) is 7.11 Å². The summed E-state index contributed by atoms with van der Waals surface area (Å²) in [5.41, 5.74) is 6.24. The van der Waals surface area contributed by atoms with Crippen molar-refractivity contribution in [2.24, 2.45) is 0 Å². The molecule has 152 valence electrons. The fourth-order valence-corrected chi connectivity index (χ4v) is 3.22. The summed E-state index contributed by atoms with van der Waals surface area (Å²) < 4.78 is 5.81. The number of ether oxygens (including phenoxy) is 1. The van der Waals surface area contributed by atoms with Gasteiger partial charge in [-0.2, -0.15) is 0 Å². The average molecular weight is 378 g/mol. The molecule has 2 heterocycles. The van der Waals surface area contributed by atoms with Gasteiger partial charge >= 0.3 is 0 Å². The van der Waals surface area contributed by atoms with Crippen LogP contribution in [0.25, 0.3) is 5.70 Å². The molecule has 0 radical (unpaired) electrons. The average Bonchev–Trinajstić information content (AvgIpc) is 2.72. The van der Waals surface area contributed by atoms with Crippen LogP contribution in [-0.2, 0) is 9.57 Å². The number of aromatic nitrogens is 1. The first-order valence-corrected chi connectivity index (χ1v) is 9.93. The van der Waals surface area contributed by atoms with Crippen molar-refractivity contribution in [1.82, 2.24) is 26.4 Å². The zero-order valence-electron chi connectivity index (χ0n) is 16.9. The van der Waals surface area contributed by atoms with Crippen LogP contribution in [0, 0.1) is 0 Å². The van der Waals surface area contributed by atoms with Crippen LogP contribution in [-0.4, -0.2) is 63.6 Å². The summed E-state index contributed by atoms with van der Waals surface area (Å²) in [7, 11) is 1.64. The Morgan fingerprint density at radius 3 is 2.96 bits per heavy atom. The fraction of sp³-hybridized carbons (Fsp3) is 0.650. The van der Waals surface area contributed by atoms with E-state index in [4.69, 9.17) is 9.57 Å². The molecule has 27 heavy (non-hydrogen) atoms. The third-order valence-corrected chi connectivity index (χ3v) is 4.74. The van der Waals surface area contributed by atoms with E-state index in [0.29, 0.717) is 0 Å². The number of hydrogen-bond acceptors (Lipinski definition) is 7. The summed E-state index contributed by atoms with van der Waals surface area (Å²) >= 11 is 0. The third-order valence-electron chi connectivity index (χ3n) is 4.74. The molecule has 0 aliphatic carbocycles. The lowest BCUT2D eigenvalue weighted by Crippen LogP contribution is -2.46. The lowest BCUT2D eigenvalue weighted by atomic mass is 10.0. The quantitative estimate of drug-likeness (QED) is 0.323. The maximum absolute atomic E-state index is 5.81. The Morgan fingerprint density at radius 2 is 2.30 bits per heavy atom.